The Kier molecular flexibility index (Phi) is 3.81. The summed E-state index contributed by atoms with van der Waals surface area (Å²) in [6, 6.07) is 0. The number of rotatable bonds is 3. The number of hydrogen-bond donors (Lipinski definition) is 0. The third-order valence-corrected chi connectivity index (χ3v) is 4.51. The second-order valence-corrected chi connectivity index (χ2v) is 6.98. The average Bonchev–Trinajstić information content (AvgIpc) is 2.83. The van der Waals surface area contributed by atoms with Gasteiger partial charge in [-0.2, -0.15) is 0 Å². The molecule has 2 aromatic rings. The van der Waals surface area contributed by atoms with Gasteiger partial charge in [-0.05, 0) is 18.9 Å². The number of thiazole rings is 1. The lowest BCUT2D eigenvalue weighted by atomic mass is 10.1. The van der Waals surface area contributed by atoms with Gasteiger partial charge in [0.2, 0.25) is 0 Å². The minimum absolute atomic E-state index is 0.389. The van der Waals surface area contributed by atoms with E-state index in [1.807, 2.05) is 12.4 Å². The number of hydrogen-bond acceptors (Lipinski definition) is 5. The molecule has 4 nitrogen and oxygen atoms in total. The summed E-state index contributed by atoms with van der Waals surface area (Å²) in [5.41, 5.74) is 2.52. The summed E-state index contributed by atoms with van der Waals surface area (Å²) in [5, 5.41) is 1.14. The molecule has 0 spiro atoms. The highest BCUT2D eigenvalue weighted by Gasteiger charge is 2.19. The molecule has 0 saturated heterocycles. The summed E-state index contributed by atoms with van der Waals surface area (Å²) in [7, 11) is 0. The second-order valence-electron chi connectivity index (χ2n) is 5.66. The minimum atomic E-state index is 0.389. The van der Waals surface area contributed by atoms with Crippen molar-refractivity contribution in [3.63, 3.8) is 0 Å². The maximum Gasteiger partial charge on any atom is 0.131 e. The summed E-state index contributed by atoms with van der Waals surface area (Å²) >= 11 is 1.79. The molecule has 0 N–H and O–H groups in total. The molecule has 1 aliphatic heterocycles. The smallest absolute Gasteiger partial charge is 0.131 e. The summed E-state index contributed by atoms with van der Waals surface area (Å²) in [4.78, 5) is 17.3. The van der Waals surface area contributed by atoms with E-state index in [0.717, 1.165) is 36.9 Å². The van der Waals surface area contributed by atoms with Gasteiger partial charge >= 0.3 is 0 Å². The van der Waals surface area contributed by atoms with Gasteiger partial charge in [0.25, 0.3) is 0 Å². The Labute approximate surface area is 123 Å². The highest BCUT2D eigenvalue weighted by molar-refractivity contribution is 7.11. The van der Waals surface area contributed by atoms with Crippen LogP contribution in [0.15, 0.2) is 12.4 Å². The molecule has 0 aliphatic carbocycles. The number of fused-ring (bicyclic) bond motifs is 1. The monoisotopic (exact) mass is 288 g/mol. The third-order valence-electron chi connectivity index (χ3n) is 3.61. The zero-order valence-electron chi connectivity index (χ0n) is 12.3. The quantitative estimate of drug-likeness (QED) is 0.871. The van der Waals surface area contributed by atoms with Crippen LogP contribution >= 0.6 is 11.3 Å². The lowest BCUT2D eigenvalue weighted by Crippen LogP contribution is -2.31. The van der Waals surface area contributed by atoms with Crippen LogP contribution < -0.4 is 0 Å². The van der Waals surface area contributed by atoms with Gasteiger partial charge < -0.3 is 0 Å². The van der Waals surface area contributed by atoms with E-state index in [1.165, 1.54) is 16.1 Å². The van der Waals surface area contributed by atoms with Crippen molar-refractivity contribution in [2.24, 2.45) is 0 Å². The number of nitrogens with zero attached hydrogens (tertiary/aromatic N) is 4. The maximum absolute atomic E-state index is 4.74. The van der Waals surface area contributed by atoms with E-state index in [2.05, 4.69) is 35.6 Å². The van der Waals surface area contributed by atoms with E-state index in [-0.39, 0.29) is 0 Å². The van der Waals surface area contributed by atoms with Crippen LogP contribution in [-0.2, 0) is 19.5 Å². The van der Waals surface area contributed by atoms with Gasteiger partial charge in [-0.15, -0.1) is 11.3 Å². The van der Waals surface area contributed by atoms with E-state index < -0.39 is 0 Å². The van der Waals surface area contributed by atoms with E-state index >= 15 is 0 Å². The molecule has 0 aromatic carbocycles. The highest BCUT2D eigenvalue weighted by atomic mass is 32.1. The molecule has 0 bridgehead atoms. The fraction of sp³-hybridized carbons (Fsp3) is 0.533. The van der Waals surface area contributed by atoms with Crippen molar-refractivity contribution in [3.05, 3.63) is 39.4 Å². The summed E-state index contributed by atoms with van der Waals surface area (Å²) in [6.07, 6.45) is 5.06. The first-order valence-corrected chi connectivity index (χ1v) is 7.92. The summed E-state index contributed by atoms with van der Waals surface area (Å²) in [5.74, 6) is 1.35. The molecule has 106 valence electrons. The fourth-order valence-electron chi connectivity index (χ4n) is 2.48. The molecule has 3 heterocycles. The van der Waals surface area contributed by atoms with Crippen molar-refractivity contribution in [2.45, 2.75) is 46.2 Å². The van der Waals surface area contributed by atoms with E-state index in [9.17, 15) is 0 Å². The Bertz CT molecular complexity index is 606. The lowest BCUT2D eigenvalue weighted by Gasteiger charge is -2.27. The normalized spacial score (nSPS) is 15.6. The first-order valence-electron chi connectivity index (χ1n) is 7.10. The van der Waals surface area contributed by atoms with Crippen molar-refractivity contribution < 1.29 is 0 Å². The van der Waals surface area contributed by atoms with Crippen molar-refractivity contribution in [3.8, 4) is 0 Å². The van der Waals surface area contributed by atoms with Crippen LogP contribution in [0.25, 0.3) is 0 Å². The van der Waals surface area contributed by atoms with Crippen molar-refractivity contribution in [1.82, 2.24) is 19.9 Å². The average molecular weight is 288 g/mol. The fourth-order valence-corrected chi connectivity index (χ4v) is 3.32. The molecule has 0 saturated carbocycles. The predicted octanol–water partition coefficient (Wildman–Crippen LogP) is 2.92. The Morgan fingerprint density at radius 1 is 1.30 bits per heavy atom. The molecule has 20 heavy (non-hydrogen) atoms. The van der Waals surface area contributed by atoms with Crippen LogP contribution in [0.3, 0.4) is 0 Å². The molecular formula is C15H20N4S. The third kappa shape index (κ3) is 2.88. The van der Waals surface area contributed by atoms with E-state index in [0.29, 0.717) is 5.92 Å². The van der Waals surface area contributed by atoms with Gasteiger partial charge in [0.1, 0.15) is 5.82 Å². The largest absolute Gasteiger partial charge is 0.292 e. The standard InChI is InChI=1S/C15H20N4S/c1-10(2)15-17-6-12-4-5-19(9-14(12)18-15)8-13-7-16-11(3)20-13/h6-7,10H,4-5,8-9H2,1-3H3. The summed E-state index contributed by atoms with van der Waals surface area (Å²) in [6.45, 7) is 9.32. The molecule has 0 fully saturated rings. The Morgan fingerprint density at radius 3 is 2.85 bits per heavy atom. The lowest BCUT2D eigenvalue weighted by molar-refractivity contribution is 0.242. The van der Waals surface area contributed by atoms with Crippen molar-refractivity contribution in [1.29, 1.82) is 0 Å². The van der Waals surface area contributed by atoms with Gasteiger partial charge in [-0.1, -0.05) is 13.8 Å². The number of aryl methyl sites for hydroxylation is 1. The van der Waals surface area contributed by atoms with Crippen LogP contribution in [0, 0.1) is 6.92 Å². The highest BCUT2D eigenvalue weighted by Crippen LogP contribution is 2.22. The predicted molar refractivity (Wildman–Crippen MR) is 80.8 cm³/mol. The van der Waals surface area contributed by atoms with Crippen LogP contribution in [0.5, 0.6) is 0 Å². The zero-order valence-corrected chi connectivity index (χ0v) is 13.1. The zero-order chi connectivity index (χ0) is 14.1. The van der Waals surface area contributed by atoms with E-state index in [1.54, 1.807) is 11.3 Å². The van der Waals surface area contributed by atoms with Crippen LogP contribution in [-0.4, -0.2) is 26.4 Å². The molecule has 0 radical (unpaired) electrons. The SMILES string of the molecule is Cc1ncc(CN2CCc3cnc(C(C)C)nc3C2)s1. The van der Waals surface area contributed by atoms with Crippen molar-refractivity contribution in [2.75, 3.05) is 6.54 Å². The maximum atomic E-state index is 4.74. The molecule has 3 rings (SSSR count). The Balaban J connectivity index is 1.75. The molecule has 5 heteroatoms. The first kappa shape index (κ1) is 13.6. The van der Waals surface area contributed by atoms with Gasteiger partial charge in [0.15, 0.2) is 0 Å². The minimum Gasteiger partial charge on any atom is -0.292 e. The molecule has 0 atom stereocenters. The van der Waals surface area contributed by atoms with Crippen LogP contribution in [0.4, 0.5) is 0 Å². The Hall–Kier alpha value is -1.33. The van der Waals surface area contributed by atoms with Gasteiger partial charge in [-0.3, -0.25) is 4.90 Å². The Morgan fingerprint density at radius 2 is 2.15 bits per heavy atom. The first-order chi connectivity index (χ1) is 9.61. The molecular weight excluding hydrogens is 268 g/mol. The topological polar surface area (TPSA) is 41.9 Å². The van der Waals surface area contributed by atoms with Gasteiger partial charge in [-0.25, -0.2) is 15.0 Å². The molecule has 1 aliphatic rings. The van der Waals surface area contributed by atoms with Crippen molar-refractivity contribution >= 4 is 11.3 Å². The molecule has 0 amide bonds. The molecule has 0 unspecified atom stereocenters. The van der Waals surface area contributed by atoms with Gasteiger partial charge in [0, 0.05) is 42.8 Å². The van der Waals surface area contributed by atoms with Crippen LogP contribution in [0.1, 0.15) is 46.7 Å². The van der Waals surface area contributed by atoms with Crippen LogP contribution in [0.2, 0.25) is 0 Å². The summed E-state index contributed by atoms with van der Waals surface area (Å²) < 4.78 is 0. The molecule has 2 aromatic heterocycles. The second kappa shape index (κ2) is 5.58. The van der Waals surface area contributed by atoms with E-state index in [4.69, 9.17) is 4.98 Å². The van der Waals surface area contributed by atoms with Gasteiger partial charge in [0.05, 0.1) is 10.7 Å². The number of aromatic nitrogens is 3.